The molecule has 5 heteroatoms. The van der Waals surface area contributed by atoms with Crippen LogP contribution in [0.15, 0.2) is 17.3 Å². The second kappa shape index (κ2) is 7.78. The van der Waals surface area contributed by atoms with Gasteiger partial charge < -0.3 is 14.2 Å². The first-order valence-corrected chi connectivity index (χ1v) is 10.4. The van der Waals surface area contributed by atoms with E-state index < -0.39 is 0 Å². The van der Waals surface area contributed by atoms with Gasteiger partial charge in [-0.25, -0.2) is 0 Å². The molecule has 3 unspecified atom stereocenters. The quantitative estimate of drug-likeness (QED) is 0.495. The second-order valence-corrected chi connectivity index (χ2v) is 8.74. The van der Waals surface area contributed by atoms with Crippen molar-refractivity contribution in [3.05, 3.63) is 28.2 Å². The summed E-state index contributed by atoms with van der Waals surface area (Å²) in [4.78, 5) is 10.6. The lowest BCUT2D eigenvalue weighted by atomic mass is 9.56. The van der Waals surface area contributed by atoms with Gasteiger partial charge in [-0.1, -0.05) is 13.3 Å². The highest BCUT2D eigenvalue weighted by Gasteiger charge is 2.50. The molecule has 148 valence electrons. The monoisotopic (exact) mass is 373 g/mol. The van der Waals surface area contributed by atoms with Crippen molar-refractivity contribution in [3.63, 3.8) is 0 Å². The van der Waals surface area contributed by atoms with E-state index in [9.17, 15) is 4.91 Å². The molecule has 0 aromatic heterocycles. The van der Waals surface area contributed by atoms with Crippen LogP contribution in [0.2, 0.25) is 0 Å². The smallest absolute Gasteiger partial charge is 0.219 e. The van der Waals surface area contributed by atoms with Gasteiger partial charge in [0.25, 0.3) is 0 Å². The average Bonchev–Trinajstić information content (AvgIpc) is 3.08. The van der Waals surface area contributed by atoms with Gasteiger partial charge in [0.1, 0.15) is 6.61 Å². The summed E-state index contributed by atoms with van der Waals surface area (Å²) in [6.45, 7) is 3.32. The van der Waals surface area contributed by atoms with E-state index in [0.717, 1.165) is 18.3 Å². The highest BCUT2D eigenvalue weighted by atomic mass is 16.5. The first-order valence-electron chi connectivity index (χ1n) is 10.4. The molecule has 4 rings (SSSR count). The Morgan fingerprint density at radius 3 is 2.78 bits per heavy atom. The number of nitroso groups, excluding NO2 is 1. The lowest BCUT2D eigenvalue weighted by Gasteiger charge is -2.49. The first kappa shape index (κ1) is 18.7. The zero-order chi connectivity index (χ0) is 18.9. The number of aryl methyl sites for hydroxylation is 1. The van der Waals surface area contributed by atoms with Crippen LogP contribution < -0.4 is 9.47 Å². The van der Waals surface area contributed by atoms with Crippen molar-refractivity contribution >= 4 is 0 Å². The average molecular weight is 373 g/mol. The maximum Gasteiger partial charge on any atom is 0.219 e. The maximum absolute atomic E-state index is 10.6. The summed E-state index contributed by atoms with van der Waals surface area (Å²) in [5.41, 5.74) is 3.36. The van der Waals surface area contributed by atoms with Crippen LogP contribution in [0.3, 0.4) is 0 Å². The zero-order valence-electron chi connectivity index (χ0n) is 16.5. The van der Waals surface area contributed by atoms with E-state index in [1.54, 1.807) is 7.11 Å². The van der Waals surface area contributed by atoms with E-state index in [0.29, 0.717) is 36.0 Å². The third-order valence-corrected chi connectivity index (χ3v) is 7.39. The van der Waals surface area contributed by atoms with Gasteiger partial charge in [0.2, 0.25) is 6.73 Å². The molecule has 0 bridgehead atoms. The van der Waals surface area contributed by atoms with Gasteiger partial charge in [-0.3, -0.25) is 0 Å². The van der Waals surface area contributed by atoms with Gasteiger partial charge in [-0.2, -0.15) is 0 Å². The van der Waals surface area contributed by atoms with Crippen LogP contribution in [0.4, 0.5) is 0 Å². The summed E-state index contributed by atoms with van der Waals surface area (Å²) in [5, 5.41) is 2.86. The molecule has 1 aromatic carbocycles. The summed E-state index contributed by atoms with van der Waals surface area (Å²) >= 11 is 0. The molecule has 0 amide bonds. The molecule has 3 aliphatic carbocycles. The third kappa shape index (κ3) is 3.46. The molecule has 0 heterocycles. The Bertz CT molecular complexity index is 691. The van der Waals surface area contributed by atoms with Crippen molar-refractivity contribution in [1.29, 1.82) is 0 Å². The van der Waals surface area contributed by atoms with Crippen molar-refractivity contribution < 1.29 is 14.2 Å². The lowest BCUT2D eigenvalue weighted by molar-refractivity contribution is 0.0596. The molecule has 0 N–H and O–H groups in total. The fraction of sp³-hybridized carbons (Fsp3) is 0.727. The van der Waals surface area contributed by atoms with E-state index in [4.69, 9.17) is 14.2 Å². The fourth-order valence-electron chi connectivity index (χ4n) is 6.13. The van der Waals surface area contributed by atoms with Gasteiger partial charge in [0.05, 0.1) is 6.61 Å². The molecular formula is C22H31NO4. The number of benzene rings is 1. The maximum atomic E-state index is 10.6. The van der Waals surface area contributed by atoms with Crippen LogP contribution in [-0.2, 0) is 11.2 Å². The van der Waals surface area contributed by atoms with Crippen molar-refractivity contribution in [2.75, 3.05) is 27.1 Å². The Kier molecular flexibility index (Phi) is 5.40. The Morgan fingerprint density at radius 1 is 1.11 bits per heavy atom. The van der Waals surface area contributed by atoms with E-state index in [-0.39, 0.29) is 6.73 Å². The van der Waals surface area contributed by atoms with Crippen LogP contribution in [0.5, 0.6) is 11.5 Å². The molecule has 27 heavy (non-hydrogen) atoms. The lowest BCUT2D eigenvalue weighted by Crippen LogP contribution is -2.39. The normalized spacial score (nSPS) is 31.6. The minimum atomic E-state index is -0.186. The van der Waals surface area contributed by atoms with Crippen LogP contribution in [0.1, 0.15) is 62.5 Å². The van der Waals surface area contributed by atoms with Crippen molar-refractivity contribution in [2.45, 2.75) is 57.8 Å². The number of rotatable bonds is 7. The predicted molar refractivity (Wildman–Crippen MR) is 104 cm³/mol. The first-order chi connectivity index (χ1) is 13.2. The van der Waals surface area contributed by atoms with Crippen molar-refractivity contribution in [1.82, 2.24) is 0 Å². The van der Waals surface area contributed by atoms with Gasteiger partial charge in [0.15, 0.2) is 11.5 Å². The molecule has 0 aliphatic heterocycles. The van der Waals surface area contributed by atoms with Crippen molar-refractivity contribution in [2.24, 2.45) is 22.4 Å². The molecule has 0 spiro atoms. The standard InChI is InChI=1S/C22H31NO4/c1-22-8-3-4-19(22)17-6-5-15-12-20(26-11-10-25-2)21(27-14-23-24)13-18(15)16(17)7-9-22/h12-13,16-17,19H,3-11,14H2,1-2H3/t16?,17?,19?,22-/m0/s1. The van der Waals surface area contributed by atoms with E-state index in [2.05, 4.69) is 24.2 Å². The van der Waals surface area contributed by atoms with E-state index in [1.807, 2.05) is 0 Å². The number of nitrogens with zero attached hydrogens (tertiary/aromatic N) is 1. The van der Waals surface area contributed by atoms with Crippen molar-refractivity contribution in [3.8, 4) is 11.5 Å². The van der Waals surface area contributed by atoms with E-state index in [1.165, 1.54) is 49.7 Å². The molecule has 2 fully saturated rings. The van der Waals surface area contributed by atoms with Crippen LogP contribution in [-0.4, -0.2) is 27.1 Å². The van der Waals surface area contributed by atoms with Crippen LogP contribution >= 0.6 is 0 Å². The molecule has 5 nitrogen and oxygen atoms in total. The van der Waals surface area contributed by atoms with Gasteiger partial charge in [-0.05, 0) is 90.1 Å². The molecule has 1 aromatic rings. The molecule has 2 saturated carbocycles. The van der Waals surface area contributed by atoms with Crippen LogP contribution in [0.25, 0.3) is 0 Å². The van der Waals surface area contributed by atoms with Gasteiger partial charge in [-0.15, -0.1) is 4.91 Å². The Labute approximate surface area is 161 Å². The number of methoxy groups -OCH3 is 1. The topological polar surface area (TPSA) is 57.1 Å². The largest absolute Gasteiger partial charge is 0.487 e. The van der Waals surface area contributed by atoms with Gasteiger partial charge in [0, 0.05) is 7.11 Å². The zero-order valence-corrected chi connectivity index (χ0v) is 16.5. The SMILES string of the molecule is COCCOc1cc2c(cc1OCN=O)C1CC[C@]3(C)CCCC3C1CC2. The Morgan fingerprint density at radius 2 is 1.96 bits per heavy atom. The molecule has 3 aliphatic rings. The molecular weight excluding hydrogens is 342 g/mol. The highest BCUT2D eigenvalue weighted by Crippen LogP contribution is 2.61. The molecule has 0 radical (unpaired) electrons. The Balaban J connectivity index is 1.63. The van der Waals surface area contributed by atoms with E-state index >= 15 is 0 Å². The third-order valence-electron chi connectivity index (χ3n) is 7.39. The number of ether oxygens (including phenoxy) is 3. The highest BCUT2D eigenvalue weighted by molar-refractivity contribution is 5.50. The molecule has 4 atom stereocenters. The second-order valence-electron chi connectivity index (χ2n) is 8.74. The minimum Gasteiger partial charge on any atom is -0.487 e. The summed E-state index contributed by atoms with van der Waals surface area (Å²) in [6.07, 6.45) is 9.17. The molecule has 0 saturated heterocycles. The predicted octanol–water partition coefficient (Wildman–Crippen LogP) is 5.06. The van der Waals surface area contributed by atoms with Gasteiger partial charge >= 0.3 is 0 Å². The number of fused-ring (bicyclic) bond motifs is 5. The summed E-state index contributed by atoms with van der Waals surface area (Å²) in [7, 11) is 1.66. The summed E-state index contributed by atoms with van der Waals surface area (Å²) in [5.74, 6) is 3.61. The minimum absolute atomic E-state index is 0.186. The number of hydrogen-bond donors (Lipinski definition) is 0. The summed E-state index contributed by atoms with van der Waals surface area (Å²) < 4.78 is 16.6. The summed E-state index contributed by atoms with van der Waals surface area (Å²) in [6, 6.07) is 4.26. The fourth-order valence-corrected chi connectivity index (χ4v) is 6.13. The number of hydrogen-bond acceptors (Lipinski definition) is 5. The van der Waals surface area contributed by atoms with Crippen LogP contribution in [0, 0.1) is 22.2 Å². The Hall–Kier alpha value is -1.62.